The van der Waals surface area contributed by atoms with Crippen molar-refractivity contribution in [3.63, 3.8) is 0 Å². The average molecular weight is 575 g/mol. The highest BCUT2D eigenvalue weighted by Gasteiger charge is 2.25. The largest absolute Gasteiger partial charge is 0.494 e. The minimum absolute atomic E-state index is 0.112. The molecule has 0 bridgehead atoms. The molecular weight excluding hydrogens is 536 g/mol. The first-order valence-electron chi connectivity index (χ1n) is 14.3. The summed E-state index contributed by atoms with van der Waals surface area (Å²) in [6.45, 7) is 5.17. The highest BCUT2D eigenvalue weighted by atomic mass is 32.2. The summed E-state index contributed by atoms with van der Waals surface area (Å²) in [5.41, 5.74) is 4.64. The molecular formula is C33H38N2O5S. The fourth-order valence-corrected chi connectivity index (χ4v) is 6.79. The fraction of sp³-hybridized carbons (Fsp3) is 0.364. The lowest BCUT2D eigenvalue weighted by Crippen LogP contribution is -2.36. The number of benzene rings is 3. The molecule has 1 fully saturated rings. The van der Waals surface area contributed by atoms with E-state index in [4.69, 9.17) is 9.47 Å². The zero-order chi connectivity index (χ0) is 28.8. The molecule has 41 heavy (non-hydrogen) atoms. The molecule has 0 radical (unpaired) electrons. The molecule has 0 unspecified atom stereocenters. The summed E-state index contributed by atoms with van der Waals surface area (Å²) in [7, 11) is -1.39. The van der Waals surface area contributed by atoms with Crippen LogP contribution < -0.4 is 10.1 Å². The fourth-order valence-electron chi connectivity index (χ4n) is 5.33. The SMILES string of the molecule is CCCOc1ccc(-c2ccc3c(c2)C=C(C(=O)Nc2ccc(CN(C)C4CCOCC4)cc2)CCS3(=O)=O)cc1. The molecule has 3 aromatic carbocycles. The van der Waals surface area contributed by atoms with Gasteiger partial charge in [0.25, 0.3) is 5.91 Å². The summed E-state index contributed by atoms with van der Waals surface area (Å²) >= 11 is 0. The summed E-state index contributed by atoms with van der Waals surface area (Å²) in [6, 6.07) is 21.4. The van der Waals surface area contributed by atoms with Gasteiger partial charge in [-0.15, -0.1) is 0 Å². The van der Waals surface area contributed by atoms with Crippen LogP contribution in [0.3, 0.4) is 0 Å². The summed E-state index contributed by atoms with van der Waals surface area (Å²) in [6.07, 6.45) is 4.88. The highest BCUT2D eigenvalue weighted by Crippen LogP contribution is 2.32. The third-order valence-electron chi connectivity index (χ3n) is 7.72. The van der Waals surface area contributed by atoms with Gasteiger partial charge < -0.3 is 14.8 Å². The minimum Gasteiger partial charge on any atom is -0.494 e. The van der Waals surface area contributed by atoms with Crippen molar-refractivity contribution in [2.45, 2.75) is 50.1 Å². The second kappa shape index (κ2) is 13.0. The molecule has 0 aliphatic carbocycles. The van der Waals surface area contributed by atoms with Gasteiger partial charge in [-0.25, -0.2) is 8.42 Å². The molecule has 5 rings (SSSR count). The van der Waals surface area contributed by atoms with Crippen molar-refractivity contribution in [1.29, 1.82) is 0 Å². The van der Waals surface area contributed by atoms with E-state index >= 15 is 0 Å². The van der Waals surface area contributed by atoms with Crippen molar-refractivity contribution in [1.82, 2.24) is 4.90 Å². The number of anilines is 1. The van der Waals surface area contributed by atoms with E-state index in [0.29, 0.717) is 29.5 Å². The van der Waals surface area contributed by atoms with E-state index in [-0.39, 0.29) is 23.0 Å². The Hall–Kier alpha value is -3.46. The van der Waals surface area contributed by atoms with Gasteiger partial charge in [-0.05, 0) is 97.5 Å². The van der Waals surface area contributed by atoms with Crippen LogP contribution in [-0.4, -0.2) is 57.9 Å². The standard InChI is InChI=1S/C33H38N2O5S/c1-3-17-40-31-11-6-25(7-12-31)26-8-13-32-28(21-26)22-27(16-20-41(32,37)38)33(36)34-29-9-4-24(5-10-29)23-35(2)30-14-18-39-19-15-30/h4-13,21-22,30H,3,14-20,23H2,1-2H3,(H,34,36). The van der Waals surface area contributed by atoms with E-state index in [9.17, 15) is 13.2 Å². The number of nitrogens with zero attached hydrogens (tertiary/aromatic N) is 1. The molecule has 0 saturated carbocycles. The normalized spacial score (nSPS) is 16.9. The molecule has 0 aromatic heterocycles. The Kier molecular flexibility index (Phi) is 9.22. The molecule has 3 aromatic rings. The zero-order valence-electron chi connectivity index (χ0n) is 23.8. The van der Waals surface area contributed by atoms with Crippen LogP contribution in [0.4, 0.5) is 5.69 Å². The van der Waals surface area contributed by atoms with Crippen molar-refractivity contribution in [3.05, 3.63) is 83.4 Å². The maximum Gasteiger partial charge on any atom is 0.251 e. The van der Waals surface area contributed by atoms with Crippen LogP contribution in [0.25, 0.3) is 17.2 Å². The predicted molar refractivity (Wildman–Crippen MR) is 163 cm³/mol. The number of ether oxygens (including phenoxy) is 2. The molecule has 0 spiro atoms. The van der Waals surface area contributed by atoms with Crippen molar-refractivity contribution in [3.8, 4) is 16.9 Å². The average Bonchev–Trinajstić information content (AvgIpc) is 3.13. The molecule has 2 heterocycles. The van der Waals surface area contributed by atoms with Gasteiger partial charge in [0.2, 0.25) is 0 Å². The van der Waals surface area contributed by atoms with Crippen LogP contribution in [0.15, 0.2) is 77.2 Å². The van der Waals surface area contributed by atoms with Gasteiger partial charge in [-0.3, -0.25) is 9.69 Å². The third kappa shape index (κ3) is 7.25. The quantitative estimate of drug-likeness (QED) is 0.340. The number of carbonyl (C=O) groups excluding carboxylic acids is 1. The highest BCUT2D eigenvalue weighted by molar-refractivity contribution is 7.91. The van der Waals surface area contributed by atoms with Crippen LogP contribution in [0, 0.1) is 0 Å². The summed E-state index contributed by atoms with van der Waals surface area (Å²) in [4.78, 5) is 15.9. The van der Waals surface area contributed by atoms with Gasteiger partial charge in [-0.2, -0.15) is 0 Å². The number of carbonyl (C=O) groups is 1. The van der Waals surface area contributed by atoms with Crippen molar-refractivity contribution < 1.29 is 22.7 Å². The third-order valence-corrected chi connectivity index (χ3v) is 9.51. The Bertz CT molecular complexity index is 1490. The Morgan fingerprint density at radius 1 is 1.00 bits per heavy atom. The molecule has 1 N–H and O–H groups in total. The van der Waals surface area contributed by atoms with Crippen LogP contribution in [0.1, 0.15) is 43.7 Å². The molecule has 1 saturated heterocycles. The molecule has 1 amide bonds. The maximum absolute atomic E-state index is 13.3. The van der Waals surface area contributed by atoms with E-state index in [1.165, 1.54) is 5.56 Å². The number of hydrogen-bond acceptors (Lipinski definition) is 6. The minimum atomic E-state index is -3.52. The Labute approximate surface area is 243 Å². The molecule has 2 aliphatic rings. The Balaban J connectivity index is 1.30. The van der Waals surface area contributed by atoms with E-state index in [1.807, 2.05) is 60.7 Å². The number of nitrogens with one attached hydrogen (secondary N) is 1. The van der Waals surface area contributed by atoms with Gasteiger partial charge in [0.15, 0.2) is 9.84 Å². The van der Waals surface area contributed by atoms with E-state index in [2.05, 4.69) is 24.2 Å². The molecule has 8 heteroatoms. The molecule has 0 atom stereocenters. The lowest BCUT2D eigenvalue weighted by atomic mass is 10.0. The van der Waals surface area contributed by atoms with Gasteiger partial charge in [0.05, 0.1) is 17.3 Å². The number of rotatable bonds is 9. The van der Waals surface area contributed by atoms with Crippen LogP contribution in [0.5, 0.6) is 5.75 Å². The van der Waals surface area contributed by atoms with Crippen LogP contribution >= 0.6 is 0 Å². The second-order valence-corrected chi connectivity index (χ2v) is 12.9. The monoisotopic (exact) mass is 574 g/mol. The van der Waals surface area contributed by atoms with Crippen LogP contribution in [-0.2, 0) is 25.9 Å². The van der Waals surface area contributed by atoms with E-state index < -0.39 is 9.84 Å². The number of amides is 1. The number of hydrogen-bond donors (Lipinski definition) is 1. The summed E-state index contributed by atoms with van der Waals surface area (Å²) in [5, 5.41) is 2.96. The number of sulfone groups is 1. The van der Waals surface area contributed by atoms with Crippen LogP contribution in [0.2, 0.25) is 0 Å². The first-order chi connectivity index (χ1) is 19.8. The predicted octanol–water partition coefficient (Wildman–Crippen LogP) is 5.95. The summed E-state index contributed by atoms with van der Waals surface area (Å²) in [5.74, 6) is 0.397. The summed E-state index contributed by atoms with van der Waals surface area (Å²) < 4.78 is 37.3. The number of fused-ring (bicyclic) bond motifs is 1. The van der Waals surface area contributed by atoms with Crippen molar-refractivity contribution >= 4 is 27.5 Å². The Morgan fingerprint density at radius 2 is 1.71 bits per heavy atom. The van der Waals surface area contributed by atoms with E-state index in [1.54, 1.807) is 12.1 Å². The van der Waals surface area contributed by atoms with Crippen molar-refractivity contribution in [2.75, 3.05) is 37.9 Å². The lowest BCUT2D eigenvalue weighted by Gasteiger charge is -2.31. The Morgan fingerprint density at radius 3 is 2.41 bits per heavy atom. The molecule has 216 valence electrons. The first kappa shape index (κ1) is 29.0. The van der Waals surface area contributed by atoms with E-state index in [0.717, 1.165) is 55.9 Å². The van der Waals surface area contributed by atoms with Crippen molar-refractivity contribution in [2.24, 2.45) is 0 Å². The molecule has 2 aliphatic heterocycles. The smallest absolute Gasteiger partial charge is 0.251 e. The second-order valence-electron chi connectivity index (χ2n) is 10.8. The maximum atomic E-state index is 13.3. The molecule has 7 nitrogen and oxygen atoms in total. The first-order valence-corrected chi connectivity index (χ1v) is 16.0. The van der Waals surface area contributed by atoms with Gasteiger partial charge in [0, 0.05) is 37.1 Å². The van der Waals surface area contributed by atoms with Gasteiger partial charge in [0.1, 0.15) is 5.75 Å². The zero-order valence-corrected chi connectivity index (χ0v) is 24.6. The lowest BCUT2D eigenvalue weighted by molar-refractivity contribution is -0.112. The van der Waals surface area contributed by atoms with Gasteiger partial charge >= 0.3 is 0 Å². The van der Waals surface area contributed by atoms with Gasteiger partial charge in [-0.1, -0.05) is 37.3 Å². The topological polar surface area (TPSA) is 84.9 Å².